The number of amides is 1. The van der Waals surface area contributed by atoms with Gasteiger partial charge in [-0.05, 0) is 43.2 Å². The molecule has 0 unspecified atom stereocenters. The number of benzene rings is 2. The van der Waals surface area contributed by atoms with E-state index < -0.39 is 0 Å². The smallest absolute Gasteiger partial charge is 0.255 e. The summed E-state index contributed by atoms with van der Waals surface area (Å²) >= 11 is 6.09. The molecule has 0 spiro atoms. The molecule has 0 radical (unpaired) electrons. The molecule has 2 aromatic rings. The van der Waals surface area contributed by atoms with Crippen LogP contribution < -0.4 is 20.5 Å². The maximum atomic E-state index is 12.9. The van der Waals surface area contributed by atoms with Crippen LogP contribution in [0.2, 0.25) is 5.02 Å². The maximum absolute atomic E-state index is 12.9. The van der Waals surface area contributed by atoms with Gasteiger partial charge < -0.3 is 35.6 Å². The number of nitrogens with two attached hydrogens (primary N) is 1. The van der Waals surface area contributed by atoms with Crippen molar-refractivity contribution >= 4 is 23.2 Å². The molecule has 0 saturated carbocycles. The Morgan fingerprint density at radius 2 is 2.00 bits per heavy atom. The van der Waals surface area contributed by atoms with E-state index in [4.69, 9.17) is 31.5 Å². The van der Waals surface area contributed by atoms with E-state index in [1.54, 1.807) is 25.3 Å². The minimum Gasteiger partial charge on any atom is -0.496 e. The SMILES string of the molecule is COc1cc(N)c(Cl)cc1C(=O)N[C@H]1CCN(CCCOc2ccc(F)cc2)C[C@H]1OC.O. The van der Waals surface area contributed by atoms with E-state index in [-0.39, 0.29) is 29.3 Å². The van der Waals surface area contributed by atoms with Crippen molar-refractivity contribution in [1.82, 2.24) is 10.2 Å². The molecule has 10 heteroatoms. The number of carbonyl (C=O) groups excluding carboxylic acids is 1. The van der Waals surface area contributed by atoms with Gasteiger partial charge in [0.25, 0.3) is 5.91 Å². The molecule has 1 saturated heterocycles. The average Bonchev–Trinajstić information content (AvgIpc) is 2.80. The van der Waals surface area contributed by atoms with Crippen LogP contribution in [0, 0.1) is 5.82 Å². The third-order valence-corrected chi connectivity index (χ3v) is 5.85. The Kier molecular flexibility index (Phi) is 10.2. The monoisotopic (exact) mass is 483 g/mol. The summed E-state index contributed by atoms with van der Waals surface area (Å²) in [6.45, 7) is 2.89. The van der Waals surface area contributed by atoms with Gasteiger partial charge in [0.05, 0.1) is 42.1 Å². The number of halogens is 2. The van der Waals surface area contributed by atoms with Gasteiger partial charge >= 0.3 is 0 Å². The Morgan fingerprint density at radius 1 is 1.27 bits per heavy atom. The van der Waals surface area contributed by atoms with Crippen LogP contribution in [-0.2, 0) is 4.74 Å². The summed E-state index contributed by atoms with van der Waals surface area (Å²) in [5, 5.41) is 3.35. The largest absolute Gasteiger partial charge is 0.496 e. The van der Waals surface area contributed by atoms with Gasteiger partial charge in [0.1, 0.15) is 17.3 Å². The predicted octanol–water partition coefficient (Wildman–Crippen LogP) is 2.53. The fourth-order valence-corrected chi connectivity index (χ4v) is 3.92. The number of likely N-dealkylation sites (tertiary alicyclic amines) is 1. The third-order valence-electron chi connectivity index (χ3n) is 5.53. The minimum atomic E-state index is -0.282. The molecule has 1 amide bonds. The van der Waals surface area contributed by atoms with Gasteiger partial charge in [-0.1, -0.05) is 11.6 Å². The quantitative estimate of drug-likeness (QED) is 0.418. The predicted molar refractivity (Wildman–Crippen MR) is 126 cm³/mol. The molecule has 1 aliphatic rings. The highest BCUT2D eigenvalue weighted by molar-refractivity contribution is 6.33. The van der Waals surface area contributed by atoms with E-state index in [0.29, 0.717) is 40.9 Å². The standard InChI is InChI=1S/C23H29ClFN3O4.H2O/c1-30-21-13-19(26)18(24)12-17(21)23(29)27-20-8-10-28(14-22(20)31-2)9-3-11-32-16-6-4-15(25)5-7-16;/h4-7,12-13,20,22H,3,8-11,14,26H2,1-2H3,(H,27,29);1H2/t20-,22+;/m0./s1. The van der Waals surface area contributed by atoms with Crippen molar-refractivity contribution in [2.45, 2.75) is 25.0 Å². The molecular formula is C23H31ClFN3O5. The van der Waals surface area contributed by atoms with Crippen LogP contribution in [0.5, 0.6) is 11.5 Å². The van der Waals surface area contributed by atoms with E-state index in [1.165, 1.54) is 25.3 Å². The van der Waals surface area contributed by atoms with Gasteiger partial charge in [0, 0.05) is 32.8 Å². The summed E-state index contributed by atoms with van der Waals surface area (Å²) in [5.41, 5.74) is 6.49. The fourth-order valence-electron chi connectivity index (χ4n) is 3.76. The molecule has 8 nitrogen and oxygen atoms in total. The first kappa shape index (κ1) is 26.7. The summed E-state index contributed by atoms with van der Waals surface area (Å²) in [7, 11) is 3.13. The second-order valence-electron chi connectivity index (χ2n) is 7.67. The van der Waals surface area contributed by atoms with Crippen molar-refractivity contribution in [2.75, 3.05) is 46.2 Å². The van der Waals surface area contributed by atoms with E-state index in [1.807, 2.05) is 0 Å². The molecule has 2 atom stereocenters. The molecule has 1 aliphatic heterocycles. The lowest BCUT2D eigenvalue weighted by Gasteiger charge is -2.38. The molecule has 182 valence electrons. The molecule has 33 heavy (non-hydrogen) atoms. The number of rotatable bonds is 9. The van der Waals surface area contributed by atoms with Crippen LogP contribution in [0.3, 0.4) is 0 Å². The zero-order chi connectivity index (χ0) is 23.1. The van der Waals surface area contributed by atoms with Gasteiger partial charge in [-0.15, -0.1) is 0 Å². The normalized spacial score (nSPS) is 18.3. The van der Waals surface area contributed by atoms with Gasteiger partial charge in [-0.2, -0.15) is 0 Å². The topological polar surface area (TPSA) is 118 Å². The zero-order valence-electron chi connectivity index (χ0n) is 18.8. The zero-order valence-corrected chi connectivity index (χ0v) is 19.5. The lowest BCUT2D eigenvalue weighted by molar-refractivity contribution is 0.00527. The maximum Gasteiger partial charge on any atom is 0.255 e. The lowest BCUT2D eigenvalue weighted by Crippen LogP contribution is -2.55. The van der Waals surface area contributed by atoms with Crippen molar-refractivity contribution in [1.29, 1.82) is 0 Å². The highest BCUT2D eigenvalue weighted by atomic mass is 35.5. The van der Waals surface area contributed by atoms with Crippen LogP contribution in [0.25, 0.3) is 0 Å². The van der Waals surface area contributed by atoms with Crippen LogP contribution in [0.15, 0.2) is 36.4 Å². The Morgan fingerprint density at radius 3 is 2.67 bits per heavy atom. The van der Waals surface area contributed by atoms with Gasteiger partial charge in [0.15, 0.2) is 0 Å². The van der Waals surface area contributed by atoms with Crippen LogP contribution in [0.4, 0.5) is 10.1 Å². The molecule has 1 heterocycles. The fraction of sp³-hybridized carbons (Fsp3) is 0.435. The molecule has 0 bridgehead atoms. The second kappa shape index (κ2) is 12.6. The highest BCUT2D eigenvalue weighted by Crippen LogP contribution is 2.29. The molecular weight excluding hydrogens is 453 g/mol. The number of carbonyl (C=O) groups is 1. The van der Waals surface area contributed by atoms with E-state index in [2.05, 4.69) is 10.2 Å². The van der Waals surface area contributed by atoms with E-state index >= 15 is 0 Å². The van der Waals surface area contributed by atoms with E-state index in [9.17, 15) is 9.18 Å². The number of piperidine rings is 1. The number of hydrogen-bond acceptors (Lipinski definition) is 6. The number of anilines is 1. The first-order valence-corrected chi connectivity index (χ1v) is 10.9. The van der Waals surface area contributed by atoms with Crippen molar-refractivity contribution in [3.63, 3.8) is 0 Å². The number of nitrogens with zero attached hydrogens (tertiary/aromatic N) is 1. The summed E-state index contributed by atoms with van der Waals surface area (Å²) < 4.78 is 29.5. The van der Waals surface area contributed by atoms with Gasteiger partial charge in [-0.3, -0.25) is 4.79 Å². The summed E-state index contributed by atoms with van der Waals surface area (Å²) in [5.74, 6) is 0.463. The van der Waals surface area contributed by atoms with Gasteiger partial charge in [0.2, 0.25) is 0 Å². The minimum absolute atomic E-state index is 0. The number of nitrogen functional groups attached to an aromatic ring is 1. The summed E-state index contributed by atoms with van der Waals surface area (Å²) in [6, 6.07) is 8.92. The number of methoxy groups -OCH3 is 2. The van der Waals surface area contributed by atoms with Crippen LogP contribution >= 0.6 is 11.6 Å². The molecule has 0 aromatic heterocycles. The summed E-state index contributed by atoms with van der Waals surface area (Å²) in [6.07, 6.45) is 1.42. The molecule has 1 fully saturated rings. The average molecular weight is 484 g/mol. The molecule has 3 rings (SSSR count). The molecule has 2 aromatic carbocycles. The van der Waals surface area contributed by atoms with Crippen molar-refractivity contribution in [3.05, 3.63) is 52.8 Å². The Balaban J connectivity index is 0.00000385. The van der Waals surface area contributed by atoms with Gasteiger partial charge in [-0.25, -0.2) is 4.39 Å². The Hall–Kier alpha value is -2.59. The molecule has 5 N–H and O–H groups in total. The lowest BCUT2D eigenvalue weighted by atomic mass is 10.0. The summed E-state index contributed by atoms with van der Waals surface area (Å²) in [4.78, 5) is 15.1. The van der Waals surface area contributed by atoms with Crippen molar-refractivity contribution in [3.8, 4) is 11.5 Å². The van der Waals surface area contributed by atoms with Crippen LogP contribution in [0.1, 0.15) is 23.2 Å². The Labute approximate surface area is 198 Å². The van der Waals surface area contributed by atoms with E-state index in [0.717, 1.165) is 25.9 Å². The van der Waals surface area contributed by atoms with Crippen molar-refractivity contribution in [2.24, 2.45) is 0 Å². The first-order valence-electron chi connectivity index (χ1n) is 10.5. The first-order chi connectivity index (χ1) is 15.4. The highest BCUT2D eigenvalue weighted by Gasteiger charge is 2.31. The second-order valence-corrected chi connectivity index (χ2v) is 8.08. The number of ether oxygens (including phenoxy) is 3. The third kappa shape index (κ3) is 7.20. The molecule has 0 aliphatic carbocycles. The number of hydrogen-bond donors (Lipinski definition) is 2. The number of nitrogens with one attached hydrogen (secondary N) is 1. The van der Waals surface area contributed by atoms with Crippen molar-refractivity contribution < 1.29 is 28.9 Å². The Bertz CT molecular complexity index is 916. The van der Waals surface area contributed by atoms with Crippen LogP contribution in [-0.4, -0.2) is 68.9 Å².